The van der Waals surface area contributed by atoms with E-state index < -0.39 is 24.6 Å². The third kappa shape index (κ3) is 3.61. The van der Waals surface area contributed by atoms with Gasteiger partial charge in [0.15, 0.2) is 11.6 Å². The lowest BCUT2D eigenvalue weighted by molar-refractivity contribution is -0.114. The molecule has 1 aromatic carbocycles. The summed E-state index contributed by atoms with van der Waals surface area (Å²) in [6.07, 6.45) is 0.733. The lowest BCUT2D eigenvalue weighted by atomic mass is 10.1. The molecule has 140 valence electrons. The highest BCUT2D eigenvalue weighted by molar-refractivity contribution is 6.34. The fourth-order valence-electron chi connectivity index (χ4n) is 2.56. The monoisotopic (exact) mass is 395 g/mol. The molecule has 9 heteroatoms. The Morgan fingerprint density at radius 2 is 2.22 bits per heavy atom. The molecule has 2 aromatic heterocycles. The van der Waals surface area contributed by atoms with Crippen LogP contribution in [0.5, 0.6) is 5.88 Å². The Morgan fingerprint density at radius 3 is 2.93 bits per heavy atom. The second-order valence-corrected chi connectivity index (χ2v) is 6.07. The summed E-state index contributed by atoms with van der Waals surface area (Å²) in [7, 11) is -2.69. The normalized spacial score (nSPS) is 13.8. The van der Waals surface area contributed by atoms with Gasteiger partial charge in [0.1, 0.15) is 10.7 Å². The number of carbonyl (C=O) groups excluding carboxylic acids is 1. The quantitative estimate of drug-likeness (QED) is 0.644. The van der Waals surface area contributed by atoms with Crippen LogP contribution < -0.4 is 10.1 Å². The van der Waals surface area contributed by atoms with Crippen LogP contribution in [0.25, 0.3) is 17.0 Å². The molecule has 0 atom stereocenters. The highest BCUT2D eigenvalue weighted by Crippen LogP contribution is 2.27. The minimum absolute atomic E-state index is 0.0808. The fraction of sp³-hybridized carbons (Fsp3) is 0.167. The second-order valence-electron chi connectivity index (χ2n) is 5.69. The van der Waals surface area contributed by atoms with Crippen LogP contribution in [0.3, 0.4) is 0 Å². The summed E-state index contributed by atoms with van der Waals surface area (Å²) < 4.78 is 55.0. The molecule has 0 radical (unpaired) electrons. The summed E-state index contributed by atoms with van der Waals surface area (Å²) >= 11 is 5.84. The summed E-state index contributed by atoms with van der Waals surface area (Å²) in [4.78, 5) is 16.2. The van der Waals surface area contributed by atoms with Crippen LogP contribution >= 0.6 is 11.6 Å². The van der Waals surface area contributed by atoms with Gasteiger partial charge in [-0.05, 0) is 31.6 Å². The summed E-state index contributed by atoms with van der Waals surface area (Å²) in [5.41, 5.74) is 0.529. The van der Waals surface area contributed by atoms with Crippen LogP contribution in [-0.2, 0) is 4.79 Å². The molecule has 0 spiro atoms. The van der Waals surface area contributed by atoms with Crippen LogP contribution in [-0.4, -0.2) is 28.1 Å². The topological polar surface area (TPSA) is 79.9 Å². The molecule has 3 aromatic rings. The van der Waals surface area contributed by atoms with Crippen molar-refractivity contribution in [3.8, 4) is 5.88 Å². The number of H-pyrrole nitrogens is 1. The number of methoxy groups -OCH3 is 1. The molecular weight excluding hydrogens is 378 g/mol. The lowest BCUT2D eigenvalue weighted by Crippen LogP contribution is -2.14. The molecule has 3 rings (SSSR count). The molecule has 1 amide bonds. The number of nitrogens with one attached hydrogen (secondary N) is 2. The Kier molecular flexibility index (Phi) is 4.09. The Hall–Kier alpha value is -3.00. The molecular formula is C18H15ClF2N4O2. The molecule has 0 saturated carbocycles. The molecule has 0 fully saturated rings. The zero-order valence-corrected chi connectivity index (χ0v) is 14.9. The van der Waals surface area contributed by atoms with Gasteiger partial charge < -0.3 is 10.1 Å². The number of aryl methyl sites for hydroxylation is 2. The number of rotatable bonds is 4. The Bertz CT molecular complexity index is 1160. The molecule has 2 N–H and O–H groups in total. The van der Waals surface area contributed by atoms with Crippen molar-refractivity contribution in [2.45, 2.75) is 13.8 Å². The maximum Gasteiger partial charge on any atom is 0.284 e. The molecule has 0 unspecified atom stereocenters. The van der Waals surface area contributed by atoms with Crippen molar-refractivity contribution in [3.63, 3.8) is 0 Å². The predicted molar refractivity (Wildman–Crippen MR) is 99.0 cm³/mol. The minimum Gasteiger partial charge on any atom is -0.481 e. The van der Waals surface area contributed by atoms with Gasteiger partial charge in [-0.15, -0.1) is 0 Å². The number of aromatic amines is 1. The van der Waals surface area contributed by atoms with E-state index >= 15 is 0 Å². The van der Waals surface area contributed by atoms with E-state index in [-0.39, 0.29) is 33.5 Å². The Morgan fingerprint density at radius 1 is 1.44 bits per heavy atom. The van der Waals surface area contributed by atoms with Crippen molar-refractivity contribution in [2.75, 3.05) is 12.4 Å². The summed E-state index contributed by atoms with van der Waals surface area (Å²) in [6, 6.07) is 4.01. The summed E-state index contributed by atoms with van der Waals surface area (Å²) in [5.74, 6) is -3.38. The van der Waals surface area contributed by atoms with E-state index in [1.807, 2.05) is 0 Å². The van der Waals surface area contributed by atoms with E-state index in [0.29, 0.717) is 10.9 Å². The van der Waals surface area contributed by atoms with Gasteiger partial charge in [-0.25, -0.2) is 13.8 Å². The summed E-state index contributed by atoms with van der Waals surface area (Å²) in [5, 5.41) is 8.93. The molecule has 0 aliphatic heterocycles. The van der Waals surface area contributed by atoms with Gasteiger partial charge >= 0.3 is 0 Å². The summed E-state index contributed by atoms with van der Waals surface area (Å²) in [6.45, 7) is 3.05. The van der Waals surface area contributed by atoms with Crippen LogP contribution in [0, 0.1) is 19.7 Å². The van der Waals surface area contributed by atoms with E-state index in [0.717, 1.165) is 6.08 Å². The van der Waals surface area contributed by atoms with Crippen molar-refractivity contribution >= 4 is 40.2 Å². The van der Waals surface area contributed by atoms with Crippen molar-refractivity contribution in [3.05, 3.63) is 51.8 Å². The number of fused-ring (bicyclic) bond motifs is 1. The van der Waals surface area contributed by atoms with E-state index in [1.165, 1.54) is 25.1 Å². The first-order valence-corrected chi connectivity index (χ1v) is 8.02. The highest BCUT2D eigenvalue weighted by atomic mass is 35.5. The van der Waals surface area contributed by atoms with Crippen molar-refractivity contribution in [1.29, 1.82) is 0 Å². The first-order valence-electron chi connectivity index (χ1n) is 9.14. The van der Waals surface area contributed by atoms with Gasteiger partial charge in [0.2, 0.25) is 5.88 Å². The van der Waals surface area contributed by atoms with Gasteiger partial charge in [-0.2, -0.15) is 5.10 Å². The molecule has 0 bridgehead atoms. The SMILES string of the molecule is [2H]C([2H])([2H])Oc1cc(C)c(NC(=O)/C(F)=C/c2ccc3c(Cl)[nH]nc3c2F)c(C)n1. The van der Waals surface area contributed by atoms with E-state index in [9.17, 15) is 13.6 Å². The first-order chi connectivity index (χ1) is 14.0. The van der Waals surface area contributed by atoms with Gasteiger partial charge in [-0.1, -0.05) is 17.7 Å². The molecule has 2 heterocycles. The highest BCUT2D eigenvalue weighted by Gasteiger charge is 2.17. The van der Waals surface area contributed by atoms with Crippen LogP contribution in [0.4, 0.5) is 14.5 Å². The van der Waals surface area contributed by atoms with E-state index in [1.54, 1.807) is 6.92 Å². The first kappa shape index (κ1) is 15.1. The zero-order chi connectivity index (χ0) is 22.2. The average molecular weight is 396 g/mol. The number of ether oxygens (including phenoxy) is 1. The lowest BCUT2D eigenvalue weighted by Gasteiger charge is -2.12. The maximum absolute atomic E-state index is 14.5. The maximum atomic E-state index is 14.5. The number of carbonyl (C=O) groups is 1. The number of nitrogens with zero attached hydrogens (tertiary/aromatic N) is 2. The number of pyridine rings is 1. The standard InChI is InChI=1S/C18H15ClF2N4O2/c1-8-6-13(27-3)22-9(2)15(8)23-18(26)12(20)7-10-4-5-11-16(14(10)21)24-25-17(11)19/h4-7H,1-3H3,(H,23,26)(H,24,25)/b12-7-/i3D3. The third-order valence-electron chi connectivity index (χ3n) is 3.86. The number of halogens is 3. The Balaban J connectivity index is 1.84. The van der Waals surface area contributed by atoms with Crippen molar-refractivity contribution in [1.82, 2.24) is 15.2 Å². The number of benzene rings is 1. The zero-order valence-electron chi connectivity index (χ0n) is 17.2. The molecule has 6 nitrogen and oxygen atoms in total. The number of amides is 1. The number of hydrogen-bond acceptors (Lipinski definition) is 4. The number of hydrogen-bond donors (Lipinski definition) is 2. The van der Waals surface area contributed by atoms with Crippen molar-refractivity contribution < 1.29 is 22.4 Å². The predicted octanol–water partition coefficient (Wildman–Crippen LogP) is 4.32. The van der Waals surface area contributed by atoms with Gasteiger partial charge in [0, 0.05) is 17.0 Å². The minimum atomic E-state index is -2.69. The molecule has 0 aliphatic rings. The molecule has 0 saturated heterocycles. The van der Waals surface area contributed by atoms with Crippen LogP contribution in [0.2, 0.25) is 5.15 Å². The molecule has 0 aliphatic carbocycles. The smallest absolute Gasteiger partial charge is 0.284 e. The second kappa shape index (κ2) is 7.32. The average Bonchev–Trinajstić information content (AvgIpc) is 3.00. The molecule has 27 heavy (non-hydrogen) atoms. The van der Waals surface area contributed by atoms with Gasteiger partial charge in [0.05, 0.1) is 22.5 Å². The fourth-order valence-corrected chi connectivity index (χ4v) is 2.75. The van der Waals surface area contributed by atoms with Crippen LogP contribution in [0.15, 0.2) is 24.0 Å². The largest absolute Gasteiger partial charge is 0.481 e. The van der Waals surface area contributed by atoms with Crippen LogP contribution in [0.1, 0.15) is 20.9 Å². The van der Waals surface area contributed by atoms with Crippen molar-refractivity contribution in [2.24, 2.45) is 0 Å². The van der Waals surface area contributed by atoms with E-state index in [2.05, 4.69) is 20.5 Å². The number of aromatic nitrogens is 3. The third-order valence-corrected chi connectivity index (χ3v) is 4.15. The van der Waals surface area contributed by atoms with Gasteiger partial charge in [-0.3, -0.25) is 9.89 Å². The Labute approximate surface area is 162 Å². The van der Waals surface area contributed by atoms with E-state index in [4.69, 9.17) is 20.5 Å². The number of anilines is 1. The van der Waals surface area contributed by atoms with Gasteiger partial charge in [0.25, 0.3) is 5.91 Å².